The fourth-order valence-electron chi connectivity index (χ4n) is 0.312. The van der Waals surface area contributed by atoms with Gasteiger partial charge in [-0.2, -0.15) is 0 Å². The summed E-state index contributed by atoms with van der Waals surface area (Å²) in [5.41, 5.74) is 0. The molecule has 0 fully saturated rings. The average Bonchev–Trinajstić information content (AvgIpc) is 2.41. The second-order valence-corrected chi connectivity index (χ2v) is 1.99. The smallest absolute Gasteiger partial charge is 0.363 e. The standard InChI is InChI=1S/C5H5O.C2H4O2S/c1-5-3-2-4-6-5;1-4-2(3)5/h3-4H,1H3;1H3,(H,3,5). The molecule has 0 aromatic carbocycles. The van der Waals surface area contributed by atoms with E-state index in [0.717, 1.165) is 5.76 Å². The van der Waals surface area contributed by atoms with Gasteiger partial charge in [-0.05, 0) is 13.0 Å². The number of ether oxygens (including phenoxy) is 1. The van der Waals surface area contributed by atoms with Crippen LogP contribution in [-0.2, 0) is 4.74 Å². The molecule has 4 heteroatoms. The zero-order chi connectivity index (χ0) is 8.69. The first kappa shape index (κ1) is 10.1. The summed E-state index contributed by atoms with van der Waals surface area (Å²) in [4.78, 5) is 9.45. The number of carbonyl (C=O) groups is 1. The molecule has 1 aromatic rings. The minimum absolute atomic E-state index is 0.551. The van der Waals surface area contributed by atoms with E-state index in [1.54, 1.807) is 6.07 Å². The van der Waals surface area contributed by atoms with E-state index in [2.05, 4.69) is 23.4 Å². The SMILES string of the molecule is COC(=O)S.Cc1c[c]co1. The van der Waals surface area contributed by atoms with Crippen LogP contribution in [0.5, 0.6) is 0 Å². The average molecular weight is 173 g/mol. The molecule has 1 heterocycles. The van der Waals surface area contributed by atoms with Gasteiger partial charge in [0.2, 0.25) is 0 Å². The fourth-order valence-corrected chi connectivity index (χ4v) is 0.312. The Labute approximate surface area is 70.8 Å². The molecule has 0 amide bonds. The highest BCUT2D eigenvalue weighted by atomic mass is 32.1. The van der Waals surface area contributed by atoms with Gasteiger partial charge in [-0.3, -0.25) is 0 Å². The molecule has 0 atom stereocenters. The van der Waals surface area contributed by atoms with Crippen LogP contribution in [0.25, 0.3) is 0 Å². The molecule has 3 nitrogen and oxygen atoms in total. The molecule has 1 aromatic heterocycles. The first-order valence-corrected chi connectivity index (χ1v) is 3.29. The van der Waals surface area contributed by atoms with Gasteiger partial charge in [0.1, 0.15) is 5.76 Å². The van der Waals surface area contributed by atoms with Gasteiger partial charge in [0, 0.05) is 6.07 Å². The van der Waals surface area contributed by atoms with Gasteiger partial charge in [0.25, 0.3) is 0 Å². The zero-order valence-corrected chi connectivity index (χ0v) is 7.22. The number of methoxy groups -OCH3 is 1. The molecule has 1 rings (SSSR count). The normalized spacial score (nSPS) is 7.91. The first-order chi connectivity index (χ1) is 5.16. The maximum absolute atomic E-state index is 9.45. The second-order valence-electron chi connectivity index (χ2n) is 1.63. The largest absolute Gasteiger partial charge is 0.469 e. The molecule has 0 aliphatic rings. The Hall–Kier alpha value is -0.900. The summed E-state index contributed by atoms with van der Waals surface area (Å²) >= 11 is 3.24. The van der Waals surface area contributed by atoms with Crippen molar-refractivity contribution < 1.29 is 13.9 Å². The lowest BCUT2D eigenvalue weighted by Crippen LogP contribution is -1.80. The molecular formula is C7H9O3S. The lowest BCUT2D eigenvalue weighted by Gasteiger charge is -1.79. The van der Waals surface area contributed by atoms with E-state index in [0.29, 0.717) is 0 Å². The molecular weight excluding hydrogens is 164 g/mol. The van der Waals surface area contributed by atoms with Crippen molar-refractivity contribution in [1.82, 2.24) is 0 Å². The van der Waals surface area contributed by atoms with Crippen molar-refractivity contribution >= 4 is 17.9 Å². The lowest BCUT2D eigenvalue weighted by atomic mass is 10.5. The highest BCUT2D eigenvalue weighted by Crippen LogP contribution is 1.92. The molecule has 0 spiro atoms. The van der Waals surface area contributed by atoms with Gasteiger partial charge >= 0.3 is 5.30 Å². The highest BCUT2D eigenvalue weighted by molar-refractivity contribution is 7.96. The van der Waals surface area contributed by atoms with Crippen molar-refractivity contribution in [3.05, 3.63) is 24.2 Å². The first-order valence-electron chi connectivity index (χ1n) is 2.85. The Bertz CT molecular complexity index is 193. The summed E-state index contributed by atoms with van der Waals surface area (Å²) in [7, 11) is 1.27. The predicted molar refractivity (Wildman–Crippen MR) is 43.7 cm³/mol. The molecule has 0 saturated heterocycles. The van der Waals surface area contributed by atoms with Crippen molar-refractivity contribution in [1.29, 1.82) is 0 Å². The van der Waals surface area contributed by atoms with Gasteiger partial charge in [-0.15, -0.1) is 0 Å². The maximum Gasteiger partial charge on any atom is 0.363 e. The van der Waals surface area contributed by atoms with Crippen LogP contribution in [0.3, 0.4) is 0 Å². The van der Waals surface area contributed by atoms with Crippen molar-refractivity contribution in [3.63, 3.8) is 0 Å². The predicted octanol–water partition coefficient (Wildman–Crippen LogP) is 2.07. The number of carbonyl (C=O) groups excluding carboxylic acids is 1. The molecule has 0 aliphatic carbocycles. The summed E-state index contributed by atoms with van der Waals surface area (Å²) in [5, 5.41) is -0.551. The van der Waals surface area contributed by atoms with Crippen LogP contribution in [0.15, 0.2) is 16.7 Å². The monoisotopic (exact) mass is 173 g/mol. The third-order valence-corrected chi connectivity index (χ3v) is 0.957. The number of thiol groups is 1. The molecule has 11 heavy (non-hydrogen) atoms. The van der Waals surface area contributed by atoms with E-state index >= 15 is 0 Å². The molecule has 61 valence electrons. The van der Waals surface area contributed by atoms with Gasteiger partial charge < -0.3 is 9.15 Å². The Morgan fingerprint density at radius 2 is 2.36 bits per heavy atom. The van der Waals surface area contributed by atoms with Crippen LogP contribution in [-0.4, -0.2) is 12.4 Å². The maximum atomic E-state index is 9.45. The minimum Gasteiger partial charge on any atom is -0.469 e. The van der Waals surface area contributed by atoms with Crippen LogP contribution in [0, 0.1) is 13.0 Å². The molecule has 0 unspecified atom stereocenters. The molecule has 0 bridgehead atoms. The Kier molecular flexibility index (Phi) is 5.37. The van der Waals surface area contributed by atoms with Crippen LogP contribution in [0.1, 0.15) is 5.76 Å². The van der Waals surface area contributed by atoms with Gasteiger partial charge in [-0.1, -0.05) is 12.6 Å². The molecule has 0 N–H and O–H groups in total. The van der Waals surface area contributed by atoms with E-state index in [9.17, 15) is 4.79 Å². The van der Waals surface area contributed by atoms with Gasteiger partial charge in [-0.25, -0.2) is 4.79 Å². The molecule has 0 aliphatic heterocycles. The third kappa shape index (κ3) is 6.99. The van der Waals surface area contributed by atoms with E-state index in [4.69, 9.17) is 4.42 Å². The summed E-state index contributed by atoms with van der Waals surface area (Å²) in [6.45, 7) is 1.89. The topological polar surface area (TPSA) is 39.4 Å². The summed E-state index contributed by atoms with van der Waals surface area (Å²) < 4.78 is 8.75. The van der Waals surface area contributed by atoms with Gasteiger partial charge in [0.05, 0.1) is 13.4 Å². The van der Waals surface area contributed by atoms with Crippen LogP contribution in [0.2, 0.25) is 0 Å². The number of rotatable bonds is 0. The Balaban J connectivity index is 0.000000187. The van der Waals surface area contributed by atoms with E-state index in [-0.39, 0.29) is 0 Å². The molecule has 0 saturated carbocycles. The second kappa shape index (κ2) is 5.85. The summed E-state index contributed by atoms with van der Waals surface area (Å²) in [6.07, 6.45) is 1.54. The quantitative estimate of drug-likeness (QED) is 0.482. The van der Waals surface area contributed by atoms with Gasteiger partial charge in [0.15, 0.2) is 0 Å². The van der Waals surface area contributed by atoms with E-state index in [1.807, 2.05) is 6.92 Å². The highest BCUT2D eigenvalue weighted by Gasteiger charge is 1.77. The van der Waals surface area contributed by atoms with Crippen molar-refractivity contribution in [3.8, 4) is 0 Å². The minimum atomic E-state index is -0.551. The summed E-state index contributed by atoms with van der Waals surface area (Å²) in [5.74, 6) is 0.912. The van der Waals surface area contributed by atoms with Crippen molar-refractivity contribution in [2.24, 2.45) is 0 Å². The van der Waals surface area contributed by atoms with Crippen molar-refractivity contribution in [2.75, 3.05) is 7.11 Å². The molecule has 1 radical (unpaired) electrons. The Morgan fingerprint density at radius 3 is 2.45 bits per heavy atom. The zero-order valence-electron chi connectivity index (χ0n) is 6.33. The number of aryl methyl sites for hydroxylation is 1. The van der Waals surface area contributed by atoms with Crippen LogP contribution in [0.4, 0.5) is 4.79 Å². The fraction of sp³-hybridized carbons (Fsp3) is 0.286. The van der Waals surface area contributed by atoms with E-state index < -0.39 is 5.30 Å². The van der Waals surface area contributed by atoms with Crippen molar-refractivity contribution in [2.45, 2.75) is 6.92 Å². The van der Waals surface area contributed by atoms with Crippen LogP contribution < -0.4 is 0 Å². The third-order valence-electron chi connectivity index (χ3n) is 0.774. The number of furan rings is 1. The number of hydrogen-bond donors (Lipinski definition) is 1. The summed E-state index contributed by atoms with van der Waals surface area (Å²) in [6, 6.07) is 4.55. The number of hydrogen-bond acceptors (Lipinski definition) is 3. The van der Waals surface area contributed by atoms with Crippen LogP contribution >= 0.6 is 12.6 Å². The van der Waals surface area contributed by atoms with E-state index in [1.165, 1.54) is 13.4 Å². The lowest BCUT2D eigenvalue weighted by molar-refractivity contribution is 0.201. The Morgan fingerprint density at radius 1 is 1.82 bits per heavy atom.